The van der Waals surface area contributed by atoms with E-state index in [1.165, 1.54) is 12.4 Å². The second-order valence-electron chi connectivity index (χ2n) is 3.43. The Morgan fingerprint density at radius 2 is 1.59 bits per heavy atom. The number of para-hydroxylation sites is 1. The van der Waals surface area contributed by atoms with Crippen LogP contribution in [-0.4, -0.2) is 17.0 Å². The Balaban J connectivity index is 0.000000581. The summed E-state index contributed by atoms with van der Waals surface area (Å²) in [7, 11) is 1.50. The zero-order chi connectivity index (χ0) is 13.3. The molecule has 0 unspecified atom stereocenters. The normalized spacial score (nSPS) is 9.12. The van der Waals surface area contributed by atoms with Crippen LogP contribution in [0.15, 0.2) is 30.6 Å². The molecule has 0 saturated carbocycles. The minimum atomic E-state index is 0.452. The molecule has 17 heavy (non-hydrogen) atoms. The molecule has 0 aliphatic heterocycles. The van der Waals surface area contributed by atoms with E-state index in [-0.39, 0.29) is 0 Å². The van der Waals surface area contributed by atoms with Gasteiger partial charge in [-0.25, -0.2) is 9.97 Å². The number of benzene rings is 1. The van der Waals surface area contributed by atoms with Gasteiger partial charge in [-0.15, -0.1) is 0 Å². The summed E-state index contributed by atoms with van der Waals surface area (Å²) in [5, 5.41) is 1.17. The second kappa shape index (κ2) is 8.65. The van der Waals surface area contributed by atoms with E-state index >= 15 is 0 Å². The van der Waals surface area contributed by atoms with E-state index in [9.17, 15) is 0 Å². The van der Waals surface area contributed by atoms with E-state index in [0.29, 0.717) is 5.92 Å². The van der Waals surface area contributed by atoms with Gasteiger partial charge in [0.05, 0.1) is 11.2 Å². The summed E-state index contributed by atoms with van der Waals surface area (Å²) in [5.41, 5.74) is 6.66. The van der Waals surface area contributed by atoms with Crippen molar-refractivity contribution in [3.05, 3.63) is 36.3 Å². The van der Waals surface area contributed by atoms with Crippen LogP contribution in [0.2, 0.25) is 0 Å². The largest absolute Gasteiger partial charge is 0.333 e. The minimum Gasteiger partial charge on any atom is -0.333 e. The summed E-state index contributed by atoms with van der Waals surface area (Å²) in [6, 6.07) is 8.12. The average Bonchev–Trinajstić information content (AvgIpc) is 2.42. The SMILES string of the molecule is CC.CC(C)c1ncnc2ccccc12.CN. The number of fused-ring (bicyclic) bond motifs is 1. The summed E-state index contributed by atoms with van der Waals surface area (Å²) in [5.74, 6) is 0.452. The van der Waals surface area contributed by atoms with Crippen LogP contribution in [0.5, 0.6) is 0 Å². The standard InChI is InChI=1S/C11H12N2.C2H6.CH5N/c1-8(2)11-9-5-3-4-6-10(9)12-7-13-11;2*1-2/h3-8H,1-2H3;1-2H3;2H2,1H3. The molecule has 1 heterocycles. The fourth-order valence-corrected chi connectivity index (χ4v) is 1.49. The molecule has 3 nitrogen and oxygen atoms in total. The van der Waals surface area contributed by atoms with E-state index in [1.807, 2.05) is 32.0 Å². The van der Waals surface area contributed by atoms with Crippen LogP contribution < -0.4 is 5.73 Å². The smallest absolute Gasteiger partial charge is 0.116 e. The third-order valence-electron chi connectivity index (χ3n) is 2.12. The Hall–Kier alpha value is -1.48. The van der Waals surface area contributed by atoms with Crippen LogP contribution in [0.25, 0.3) is 10.9 Å². The molecule has 0 aliphatic carbocycles. The summed E-state index contributed by atoms with van der Waals surface area (Å²) >= 11 is 0. The predicted molar refractivity (Wildman–Crippen MR) is 75.1 cm³/mol. The van der Waals surface area contributed by atoms with Gasteiger partial charge >= 0.3 is 0 Å². The first-order valence-corrected chi connectivity index (χ1v) is 6.06. The minimum absolute atomic E-state index is 0.452. The molecule has 0 amide bonds. The van der Waals surface area contributed by atoms with Crippen molar-refractivity contribution in [3.8, 4) is 0 Å². The molecule has 3 heteroatoms. The van der Waals surface area contributed by atoms with Gasteiger partial charge in [-0.05, 0) is 19.0 Å². The molecule has 0 aliphatic rings. The maximum Gasteiger partial charge on any atom is 0.116 e. The highest BCUT2D eigenvalue weighted by molar-refractivity contribution is 5.80. The first-order chi connectivity index (χ1) is 8.29. The molecular weight excluding hydrogens is 210 g/mol. The lowest BCUT2D eigenvalue weighted by Crippen LogP contribution is -1.94. The monoisotopic (exact) mass is 233 g/mol. The fourth-order valence-electron chi connectivity index (χ4n) is 1.49. The van der Waals surface area contributed by atoms with Crippen molar-refractivity contribution in [1.82, 2.24) is 9.97 Å². The number of hydrogen-bond donors (Lipinski definition) is 1. The zero-order valence-electron chi connectivity index (χ0n) is 11.4. The summed E-state index contributed by atoms with van der Waals surface area (Å²) in [4.78, 5) is 8.51. The third kappa shape index (κ3) is 4.11. The van der Waals surface area contributed by atoms with E-state index in [4.69, 9.17) is 0 Å². The van der Waals surface area contributed by atoms with Gasteiger partial charge in [0.25, 0.3) is 0 Å². The summed E-state index contributed by atoms with van der Waals surface area (Å²) in [6.45, 7) is 8.30. The molecule has 1 aromatic carbocycles. The van der Waals surface area contributed by atoms with Crippen LogP contribution in [0.1, 0.15) is 39.3 Å². The number of nitrogens with zero attached hydrogens (tertiary/aromatic N) is 2. The van der Waals surface area contributed by atoms with Crippen molar-refractivity contribution < 1.29 is 0 Å². The lowest BCUT2D eigenvalue weighted by Gasteiger charge is -2.06. The van der Waals surface area contributed by atoms with Crippen molar-refractivity contribution in [2.75, 3.05) is 7.05 Å². The predicted octanol–water partition coefficient (Wildman–Crippen LogP) is 3.35. The van der Waals surface area contributed by atoms with Crippen LogP contribution in [-0.2, 0) is 0 Å². The van der Waals surface area contributed by atoms with Crippen molar-refractivity contribution in [2.45, 2.75) is 33.6 Å². The van der Waals surface area contributed by atoms with Crippen LogP contribution in [0.3, 0.4) is 0 Å². The van der Waals surface area contributed by atoms with E-state index in [1.54, 1.807) is 6.33 Å². The van der Waals surface area contributed by atoms with Gasteiger partial charge in [0, 0.05) is 5.39 Å². The van der Waals surface area contributed by atoms with Gasteiger partial charge in [-0.1, -0.05) is 45.9 Å². The Kier molecular flexibility index (Phi) is 7.89. The molecular formula is C14H23N3. The van der Waals surface area contributed by atoms with Gasteiger partial charge in [0.2, 0.25) is 0 Å². The maximum atomic E-state index is 4.50. The number of hydrogen-bond acceptors (Lipinski definition) is 3. The third-order valence-corrected chi connectivity index (χ3v) is 2.12. The molecule has 0 saturated heterocycles. The quantitative estimate of drug-likeness (QED) is 0.821. The highest BCUT2D eigenvalue weighted by Crippen LogP contribution is 2.20. The first kappa shape index (κ1) is 15.5. The Bertz CT molecular complexity index is 419. The van der Waals surface area contributed by atoms with Gasteiger partial charge in [-0.2, -0.15) is 0 Å². The van der Waals surface area contributed by atoms with Crippen LogP contribution in [0, 0.1) is 0 Å². The highest BCUT2D eigenvalue weighted by Gasteiger charge is 2.05. The Labute approximate surface area is 104 Å². The molecule has 2 N–H and O–H groups in total. The van der Waals surface area contributed by atoms with Crippen LogP contribution in [0.4, 0.5) is 0 Å². The lowest BCUT2D eigenvalue weighted by atomic mass is 10.1. The molecule has 1 aromatic heterocycles. The molecule has 2 rings (SSSR count). The van der Waals surface area contributed by atoms with Gasteiger partial charge in [-0.3, -0.25) is 0 Å². The molecule has 0 bridgehead atoms. The van der Waals surface area contributed by atoms with E-state index in [0.717, 1.165) is 11.2 Å². The van der Waals surface area contributed by atoms with Crippen LogP contribution >= 0.6 is 0 Å². The Morgan fingerprint density at radius 1 is 1.00 bits per heavy atom. The molecule has 2 aromatic rings. The average molecular weight is 233 g/mol. The number of rotatable bonds is 1. The lowest BCUT2D eigenvalue weighted by molar-refractivity contribution is 0.828. The van der Waals surface area contributed by atoms with Gasteiger partial charge in [0.15, 0.2) is 0 Å². The molecule has 0 fully saturated rings. The topological polar surface area (TPSA) is 51.8 Å². The maximum absolute atomic E-state index is 4.50. The molecule has 0 atom stereocenters. The number of aromatic nitrogens is 2. The van der Waals surface area contributed by atoms with Crippen molar-refractivity contribution in [1.29, 1.82) is 0 Å². The summed E-state index contributed by atoms with van der Waals surface area (Å²) in [6.07, 6.45) is 1.64. The van der Waals surface area contributed by atoms with Crippen molar-refractivity contribution in [2.24, 2.45) is 5.73 Å². The summed E-state index contributed by atoms with van der Waals surface area (Å²) < 4.78 is 0. The zero-order valence-corrected chi connectivity index (χ0v) is 11.4. The number of nitrogens with two attached hydrogens (primary N) is 1. The first-order valence-electron chi connectivity index (χ1n) is 6.06. The van der Waals surface area contributed by atoms with E-state index in [2.05, 4.69) is 35.6 Å². The van der Waals surface area contributed by atoms with E-state index < -0.39 is 0 Å². The van der Waals surface area contributed by atoms with Crippen molar-refractivity contribution >= 4 is 10.9 Å². The molecule has 0 spiro atoms. The molecule has 94 valence electrons. The second-order valence-corrected chi connectivity index (χ2v) is 3.43. The van der Waals surface area contributed by atoms with Gasteiger partial charge in [0.1, 0.15) is 6.33 Å². The fraction of sp³-hybridized carbons (Fsp3) is 0.429. The molecule has 0 radical (unpaired) electrons. The highest BCUT2D eigenvalue weighted by atomic mass is 14.8. The van der Waals surface area contributed by atoms with Gasteiger partial charge < -0.3 is 5.73 Å². The Morgan fingerprint density at radius 3 is 2.18 bits per heavy atom. The van der Waals surface area contributed by atoms with Crippen molar-refractivity contribution in [3.63, 3.8) is 0 Å².